The van der Waals surface area contributed by atoms with E-state index in [1.165, 1.54) is 28.5 Å². The van der Waals surface area contributed by atoms with Gasteiger partial charge in [-0.1, -0.05) is 54.1 Å². The summed E-state index contributed by atoms with van der Waals surface area (Å²) >= 11 is 6.09. The fourth-order valence-corrected chi connectivity index (χ4v) is 7.28. The zero-order chi connectivity index (χ0) is 49.8. The van der Waals surface area contributed by atoms with Crippen molar-refractivity contribution in [1.82, 2.24) is 30.4 Å². The van der Waals surface area contributed by atoms with Crippen molar-refractivity contribution in [2.45, 2.75) is 46.2 Å². The van der Waals surface area contributed by atoms with Crippen LogP contribution in [-0.4, -0.2) is 109 Å². The van der Waals surface area contributed by atoms with Crippen LogP contribution in [0.2, 0.25) is 5.02 Å². The minimum Gasteiger partial charge on any atom is -0.462 e. The standard InChI is InChI=1S/C23H24F3N5O3.C22H21ClF3N5O3/c1-3-34-21(32)18-12-17(13-27)20(29-19(18)23(24,25)26)30-8-10-31(11-9-30)22(33)28-14-16-7-5-4-6-15(16)2;1-2-34-20(32)16-11-15(12-27)19(29-18(16)22(24,25)26)30-7-9-31(10-8-30)21(33)28-13-14-5-3-4-6-17(14)23/h4-7,12H,3,8-11,14H2,1-2H3,(H,28,33);3-6,11H,2,7-10,13H2,1H3,(H,28,33). The van der Waals surface area contributed by atoms with E-state index in [0.717, 1.165) is 28.8 Å². The van der Waals surface area contributed by atoms with Gasteiger partial charge in [0.2, 0.25) is 0 Å². The second-order valence-electron chi connectivity index (χ2n) is 15.0. The van der Waals surface area contributed by atoms with Gasteiger partial charge in [0, 0.05) is 70.5 Å². The van der Waals surface area contributed by atoms with Crippen LogP contribution in [0.1, 0.15) is 73.8 Å². The van der Waals surface area contributed by atoms with Crippen LogP contribution in [0.25, 0.3) is 0 Å². The maximum absolute atomic E-state index is 13.6. The number of ether oxygens (including phenoxy) is 2. The van der Waals surface area contributed by atoms with Crippen molar-refractivity contribution in [3.05, 3.63) is 116 Å². The zero-order valence-electron chi connectivity index (χ0n) is 36.9. The lowest BCUT2D eigenvalue weighted by molar-refractivity contribution is -0.142. The van der Waals surface area contributed by atoms with E-state index in [9.17, 15) is 56.0 Å². The molecule has 0 saturated carbocycles. The van der Waals surface area contributed by atoms with Gasteiger partial charge in [-0.3, -0.25) is 0 Å². The van der Waals surface area contributed by atoms with Crippen molar-refractivity contribution in [1.29, 1.82) is 10.5 Å². The van der Waals surface area contributed by atoms with Gasteiger partial charge >= 0.3 is 36.4 Å². The number of hydrogen-bond donors (Lipinski definition) is 2. The maximum Gasteiger partial charge on any atom is 0.434 e. The van der Waals surface area contributed by atoms with Crippen LogP contribution in [0, 0.1) is 29.6 Å². The first kappa shape index (κ1) is 51.7. The summed E-state index contributed by atoms with van der Waals surface area (Å²) in [6, 6.07) is 19.4. The highest BCUT2D eigenvalue weighted by Crippen LogP contribution is 2.36. The Morgan fingerprint density at radius 3 is 1.40 bits per heavy atom. The minimum atomic E-state index is -4.93. The molecule has 68 heavy (non-hydrogen) atoms. The summed E-state index contributed by atoms with van der Waals surface area (Å²) < 4.78 is 91.1. The van der Waals surface area contributed by atoms with Gasteiger partial charge in [-0.25, -0.2) is 29.1 Å². The number of benzene rings is 2. The normalized spacial score (nSPS) is 13.9. The minimum absolute atomic E-state index is 0.117. The summed E-state index contributed by atoms with van der Waals surface area (Å²) in [5.41, 5.74) is -2.01. The number of carbonyl (C=O) groups is 4. The summed E-state index contributed by atoms with van der Waals surface area (Å²) in [6.45, 7) is 6.72. The highest BCUT2D eigenvalue weighted by Gasteiger charge is 2.41. The number of hydrogen-bond acceptors (Lipinski definition) is 12. The number of nitriles is 2. The first-order valence-electron chi connectivity index (χ1n) is 21.0. The molecule has 0 aliphatic carbocycles. The zero-order valence-corrected chi connectivity index (χ0v) is 37.7. The van der Waals surface area contributed by atoms with Crippen molar-refractivity contribution in [2.75, 3.05) is 75.4 Å². The number of piperazine rings is 2. The van der Waals surface area contributed by atoms with E-state index < -0.39 is 46.8 Å². The number of alkyl halides is 6. The van der Waals surface area contributed by atoms with Gasteiger partial charge in [-0.05, 0) is 55.7 Å². The summed E-state index contributed by atoms with van der Waals surface area (Å²) in [7, 11) is 0. The van der Waals surface area contributed by atoms with E-state index in [1.54, 1.807) is 35.2 Å². The molecular formula is C45H45ClF6N10O6. The summed E-state index contributed by atoms with van der Waals surface area (Å²) in [5.74, 6) is -2.77. The second-order valence-corrected chi connectivity index (χ2v) is 15.4. The summed E-state index contributed by atoms with van der Waals surface area (Å²) in [5, 5.41) is 25.1. The fraction of sp³-hybridized carbons (Fsp3) is 0.378. The molecule has 0 radical (unpaired) electrons. The van der Waals surface area contributed by atoms with Crippen molar-refractivity contribution >= 4 is 47.2 Å². The highest BCUT2D eigenvalue weighted by molar-refractivity contribution is 6.31. The largest absolute Gasteiger partial charge is 0.462 e. The third kappa shape index (κ3) is 13.0. The molecule has 0 bridgehead atoms. The van der Waals surface area contributed by atoms with Crippen molar-refractivity contribution in [3.63, 3.8) is 0 Å². The molecule has 2 saturated heterocycles. The van der Waals surface area contributed by atoms with Gasteiger partial charge in [-0.2, -0.15) is 36.9 Å². The molecule has 0 spiro atoms. The molecule has 2 aliphatic heterocycles. The van der Waals surface area contributed by atoms with Crippen molar-refractivity contribution < 1.29 is 55.0 Å². The number of anilines is 2. The number of aromatic nitrogens is 2. The molecule has 23 heteroatoms. The lowest BCUT2D eigenvalue weighted by atomic mass is 10.1. The lowest BCUT2D eigenvalue weighted by Crippen LogP contribution is -2.52. The van der Waals surface area contributed by atoms with Gasteiger partial charge in [0.15, 0.2) is 11.4 Å². The van der Waals surface area contributed by atoms with E-state index in [4.69, 9.17) is 16.3 Å². The predicted octanol–water partition coefficient (Wildman–Crippen LogP) is 7.32. The topological polar surface area (TPSA) is 197 Å². The molecule has 0 unspecified atom stereocenters. The first-order chi connectivity index (χ1) is 32.3. The van der Waals surface area contributed by atoms with Crippen LogP contribution in [0.4, 0.5) is 47.6 Å². The Hall–Kier alpha value is -7.33. The highest BCUT2D eigenvalue weighted by atomic mass is 35.5. The Kier molecular flexibility index (Phi) is 17.4. The SMILES string of the molecule is CCOC(=O)c1cc(C#N)c(N2CCN(C(=O)NCc3ccccc3C)CC2)nc1C(F)(F)F.CCOC(=O)c1cc(C#N)c(N2CCN(C(=O)NCc3ccccc3Cl)CC2)nc1C(F)(F)F. The summed E-state index contributed by atoms with van der Waals surface area (Å²) in [4.78, 5) is 62.5. The molecule has 2 N–H and O–H groups in total. The van der Waals surface area contributed by atoms with Crippen LogP contribution in [-0.2, 0) is 34.9 Å². The lowest BCUT2D eigenvalue weighted by Gasteiger charge is -2.36. The third-order valence-electron chi connectivity index (χ3n) is 10.6. The molecule has 2 aliphatic rings. The van der Waals surface area contributed by atoms with Crippen LogP contribution in [0.3, 0.4) is 0 Å². The number of halogens is 7. The van der Waals surface area contributed by atoms with E-state index >= 15 is 0 Å². The Morgan fingerprint density at radius 1 is 0.647 bits per heavy atom. The number of nitrogens with one attached hydrogen (secondary N) is 2. The maximum atomic E-state index is 13.6. The number of nitrogens with zero attached hydrogens (tertiary/aromatic N) is 8. The molecule has 4 aromatic rings. The molecule has 4 amide bonds. The molecule has 4 heterocycles. The first-order valence-corrected chi connectivity index (χ1v) is 21.4. The average molecular weight is 971 g/mol. The Labute approximate surface area is 392 Å². The third-order valence-corrected chi connectivity index (χ3v) is 11.0. The summed E-state index contributed by atoms with van der Waals surface area (Å²) in [6.07, 6.45) is -9.84. The van der Waals surface area contributed by atoms with Crippen LogP contribution in [0.15, 0.2) is 60.7 Å². The quantitative estimate of drug-likeness (QED) is 0.119. The van der Waals surface area contributed by atoms with Gasteiger partial charge in [0.25, 0.3) is 0 Å². The van der Waals surface area contributed by atoms with Gasteiger partial charge in [0.05, 0.1) is 35.5 Å². The van der Waals surface area contributed by atoms with Crippen molar-refractivity contribution in [2.24, 2.45) is 0 Å². The number of rotatable bonds is 10. The van der Waals surface area contributed by atoms with Crippen LogP contribution in [0.5, 0.6) is 0 Å². The van der Waals surface area contributed by atoms with Crippen LogP contribution >= 0.6 is 11.6 Å². The number of esters is 2. The van der Waals surface area contributed by atoms with E-state index in [0.29, 0.717) is 11.6 Å². The number of aryl methyl sites for hydroxylation is 1. The molecule has 2 aromatic heterocycles. The van der Waals surface area contributed by atoms with Gasteiger partial charge in [-0.15, -0.1) is 0 Å². The Morgan fingerprint density at radius 2 is 1.03 bits per heavy atom. The average Bonchev–Trinajstić information content (AvgIpc) is 3.32. The predicted molar refractivity (Wildman–Crippen MR) is 234 cm³/mol. The fourth-order valence-electron chi connectivity index (χ4n) is 7.07. The van der Waals surface area contributed by atoms with Gasteiger partial charge in [0.1, 0.15) is 23.8 Å². The molecule has 16 nitrogen and oxygen atoms in total. The Balaban J connectivity index is 0.000000254. The van der Waals surface area contributed by atoms with Gasteiger partial charge < -0.3 is 39.7 Å². The molecular weight excluding hydrogens is 926 g/mol. The van der Waals surface area contributed by atoms with E-state index in [2.05, 4.69) is 25.3 Å². The number of pyridine rings is 2. The molecule has 2 fully saturated rings. The van der Waals surface area contributed by atoms with E-state index in [-0.39, 0.29) is 107 Å². The van der Waals surface area contributed by atoms with Crippen molar-refractivity contribution in [3.8, 4) is 12.1 Å². The smallest absolute Gasteiger partial charge is 0.434 e. The number of carbonyl (C=O) groups excluding carboxylic acids is 4. The Bertz CT molecular complexity index is 2390. The number of amides is 4. The second kappa shape index (κ2) is 22.9. The molecule has 0 atom stereocenters. The molecule has 360 valence electrons. The molecule has 2 aromatic carbocycles. The molecule has 6 rings (SSSR count). The van der Waals surface area contributed by atoms with E-state index in [1.807, 2.05) is 37.3 Å². The van der Waals surface area contributed by atoms with Crippen LogP contribution < -0.4 is 20.4 Å². The monoisotopic (exact) mass is 970 g/mol. The number of urea groups is 2.